The topological polar surface area (TPSA) is 63.9 Å². The third-order valence-corrected chi connectivity index (χ3v) is 4.48. The molecule has 0 saturated heterocycles. The number of hydrogen-bond acceptors (Lipinski definition) is 3. The molecule has 0 fully saturated rings. The van der Waals surface area contributed by atoms with Gasteiger partial charge < -0.3 is 15.5 Å². The Bertz CT molecular complexity index is 1000. The summed E-state index contributed by atoms with van der Waals surface area (Å²) in [5, 5.41) is 1.12. The molecule has 0 saturated carbocycles. The van der Waals surface area contributed by atoms with Gasteiger partial charge in [0.05, 0.1) is 7.11 Å². The molecule has 0 aliphatic carbocycles. The molecule has 4 nitrogen and oxygen atoms in total. The lowest BCUT2D eigenvalue weighted by Crippen LogP contribution is -1.95. The number of methoxy groups -OCH3 is 1. The monoisotopic (exact) mass is 329 g/mol. The van der Waals surface area contributed by atoms with Gasteiger partial charge in [0.25, 0.3) is 0 Å². The van der Waals surface area contributed by atoms with E-state index in [-0.39, 0.29) is 0 Å². The number of H-pyrrole nitrogens is 1. The fourth-order valence-corrected chi connectivity index (χ4v) is 3.12. The molecule has 2 aromatic carbocycles. The number of aromatic nitrogens is 2. The Balaban J connectivity index is 1.88. The SMILES string of the molecule is COc1ccc(-c2c[nH]c3nccc(-c4ccc(CN)cc4)c23)cc1. The first-order valence-electron chi connectivity index (χ1n) is 8.20. The third kappa shape index (κ3) is 2.77. The molecule has 0 aliphatic heterocycles. The molecule has 2 aromatic heterocycles. The summed E-state index contributed by atoms with van der Waals surface area (Å²) in [5.74, 6) is 0.847. The lowest BCUT2D eigenvalue weighted by Gasteiger charge is -2.08. The lowest BCUT2D eigenvalue weighted by molar-refractivity contribution is 0.415. The number of aromatic amines is 1. The molecule has 25 heavy (non-hydrogen) atoms. The highest BCUT2D eigenvalue weighted by molar-refractivity contribution is 6.04. The summed E-state index contributed by atoms with van der Waals surface area (Å²) in [5.41, 5.74) is 12.3. The fraction of sp³-hybridized carbons (Fsp3) is 0.0952. The van der Waals surface area contributed by atoms with Crippen molar-refractivity contribution in [3.8, 4) is 28.0 Å². The predicted octanol–water partition coefficient (Wildman–Crippen LogP) is 4.36. The van der Waals surface area contributed by atoms with Gasteiger partial charge >= 0.3 is 0 Å². The molecule has 0 atom stereocenters. The van der Waals surface area contributed by atoms with Crippen molar-refractivity contribution in [2.75, 3.05) is 7.11 Å². The molecule has 4 aromatic rings. The number of hydrogen-bond donors (Lipinski definition) is 2. The second kappa shape index (κ2) is 6.42. The first-order valence-corrected chi connectivity index (χ1v) is 8.20. The summed E-state index contributed by atoms with van der Waals surface area (Å²) in [7, 11) is 1.67. The quantitative estimate of drug-likeness (QED) is 0.584. The molecular formula is C21H19N3O. The number of pyridine rings is 1. The first kappa shape index (κ1) is 15.4. The standard InChI is InChI=1S/C21H19N3O/c1-25-17-8-6-16(7-9-17)19-13-24-21-20(19)18(10-11-23-21)15-4-2-14(12-22)3-5-15/h2-11,13H,12,22H2,1H3,(H,23,24). The number of nitrogens with one attached hydrogen (secondary N) is 1. The van der Waals surface area contributed by atoms with E-state index >= 15 is 0 Å². The van der Waals surface area contributed by atoms with Crippen LogP contribution < -0.4 is 10.5 Å². The summed E-state index contributed by atoms with van der Waals surface area (Å²) in [6, 6.07) is 18.5. The van der Waals surface area contributed by atoms with E-state index in [0.717, 1.165) is 44.6 Å². The average molecular weight is 329 g/mol. The highest BCUT2D eigenvalue weighted by Crippen LogP contribution is 2.36. The Morgan fingerprint density at radius 3 is 2.28 bits per heavy atom. The molecule has 0 unspecified atom stereocenters. The highest BCUT2D eigenvalue weighted by Gasteiger charge is 2.13. The van der Waals surface area contributed by atoms with Gasteiger partial charge in [-0.25, -0.2) is 4.98 Å². The molecule has 0 bridgehead atoms. The van der Waals surface area contributed by atoms with Gasteiger partial charge in [0.2, 0.25) is 0 Å². The minimum absolute atomic E-state index is 0.549. The Hall–Kier alpha value is -3.11. The Labute approximate surface area is 146 Å². The van der Waals surface area contributed by atoms with Crippen LogP contribution in [0.15, 0.2) is 67.0 Å². The molecule has 3 N–H and O–H groups in total. The highest BCUT2D eigenvalue weighted by atomic mass is 16.5. The van der Waals surface area contributed by atoms with Crippen molar-refractivity contribution in [2.24, 2.45) is 5.73 Å². The number of nitrogens with zero attached hydrogens (tertiary/aromatic N) is 1. The largest absolute Gasteiger partial charge is 0.497 e. The fourth-order valence-electron chi connectivity index (χ4n) is 3.12. The molecule has 4 heteroatoms. The molecule has 0 radical (unpaired) electrons. The summed E-state index contributed by atoms with van der Waals surface area (Å²) < 4.78 is 5.26. The van der Waals surface area contributed by atoms with Crippen LogP contribution in [0.5, 0.6) is 5.75 Å². The van der Waals surface area contributed by atoms with Gasteiger partial charge in [0.1, 0.15) is 11.4 Å². The van der Waals surface area contributed by atoms with E-state index in [1.54, 1.807) is 7.11 Å². The third-order valence-electron chi connectivity index (χ3n) is 4.48. The van der Waals surface area contributed by atoms with Gasteiger partial charge in [-0.1, -0.05) is 36.4 Å². The van der Waals surface area contributed by atoms with Crippen LogP contribution in [0.2, 0.25) is 0 Å². The Morgan fingerprint density at radius 1 is 0.920 bits per heavy atom. The van der Waals surface area contributed by atoms with Gasteiger partial charge in [-0.15, -0.1) is 0 Å². The van der Waals surface area contributed by atoms with Crippen LogP contribution in [-0.2, 0) is 6.54 Å². The van der Waals surface area contributed by atoms with Crippen molar-refractivity contribution < 1.29 is 4.74 Å². The van der Waals surface area contributed by atoms with Gasteiger partial charge in [0.15, 0.2) is 0 Å². The van der Waals surface area contributed by atoms with E-state index in [4.69, 9.17) is 10.5 Å². The zero-order chi connectivity index (χ0) is 17.2. The summed E-state index contributed by atoms with van der Waals surface area (Å²) in [6.45, 7) is 0.549. The maximum absolute atomic E-state index is 5.71. The van der Waals surface area contributed by atoms with E-state index in [1.807, 2.05) is 24.5 Å². The minimum atomic E-state index is 0.549. The van der Waals surface area contributed by atoms with E-state index in [1.165, 1.54) is 0 Å². The van der Waals surface area contributed by atoms with Gasteiger partial charge in [-0.3, -0.25) is 0 Å². The van der Waals surface area contributed by atoms with Crippen molar-refractivity contribution in [3.63, 3.8) is 0 Å². The van der Waals surface area contributed by atoms with E-state index < -0.39 is 0 Å². The van der Waals surface area contributed by atoms with Gasteiger partial charge in [-0.05, 0) is 40.5 Å². The van der Waals surface area contributed by atoms with Crippen LogP contribution in [0.3, 0.4) is 0 Å². The summed E-state index contributed by atoms with van der Waals surface area (Å²) >= 11 is 0. The molecule has 124 valence electrons. The minimum Gasteiger partial charge on any atom is -0.497 e. The smallest absolute Gasteiger partial charge is 0.138 e. The van der Waals surface area contributed by atoms with Crippen LogP contribution in [0.1, 0.15) is 5.56 Å². The van der Waals surface area contributed by atoms with Crippen LogP contribution in [0.4, 0.5) is 0 Å². The average Bonchev–Trinajstić information content (AvgIpc) is 3.12. The second-order valence-corrected chi connectivity index (χ2v) is 5.91. The second-order valence-electron chi connectivity index (χ2n) is 5.91. The Kier molecular flexibility index (Phi) is 3.96. The zero-order valence-electron chi connectivity index (χ0n) is 14.0. The summed E-state index contributed by atoms with van der Waals surface area (Å²) in [6.07, 6.45) is 3.85. The zero-order valence-corrected chi connectivity index (χ0v) is 14.0. The molecule has 4 rings (SSSR count). The van der Waals surface area contributed by atoms with E-state index in [9.17, 15) is 0 Å². The molecular weight excluding hydrogens is 310 g/mol. The first-order chi connectivity index (χ1) is 12.3. The van der Waals surface area contributed by atoms with Crippen LogP contribution in [0.25, 0.3) is 33.3 Å². The van der Waals surface area contributed by atoms with Gasteiger partial charge in [0, 0.05) is 29.9 Å². The number of ether oxygens (including phenoxy) is 1. The number of benzene rings is 2. The van der Waals surface area contributed by atoms with E-state index in [2.05, 4.69) is 52.4 Å². The predicted molar refractivity (Wildman–Crippen MR) is 101 cm³/mol. The number of nitrogens with two attached hydrogens (primary N) is 1. The lowest BCUT2D eigenvalue weighted by atomic mass is 9.97. The molecule has 2 heterocycles. The van der Waals surface area contributed by atoms with Crippen molar-refractivity contribution in [1.82, 2.24) is 9.97 Å². The molecule has 0 aliphatic rings. The van der Waals surface area contributed by atoms with E-state index in [0.29, 0.717) is 6.54 Å². The number of rotatable bonds is 4. The normalized spacial score (nSPS) is 11.0. The van der Waals surface area contributed by atoms with Crippen molar-refractivity contribution in [2.45, 2.75) is 6.54 Å². The maximum atomic E-state index is 5.71. The van der Waals surface area contributed by atoms with Crippen molar-refractivity contribution in [1.29, 1.82) is 0 Å². The maximum Gasteiger partial charge on any atom is 0.138 e. The van der Waals surface area contributed by atoms with Crippen LogP contribution in [-0.4, -0.2) is 17.1 Å². The van der Waals surface area contributed by atoms with Crippen molar-refractivity contribution >= 4 is 11.0 Å². The van der Waals surface area contributed by atoms with Crippen LogP contribution in [0, 0.1) is 0 Å². The Morgan fingerprint density at radius 2 is 1.60 bits per heavy atom. The molecule has 0 spiro atoms. The number of fused-ring (bicyclic) bond motifs is 1. The summed E-state index contributed by atoms with van der Waals surface area (Å²) in [4.78, 5) is 7.77. The van der Waals surface area contributed by atoms with Gasteiger partial charge in [-0.2, -0.15) is 0 Å². The van der Waals surface area contributed by atoms with Crippen LogP contribution >= 0.6 is 0 Å². The van der Waals surface area contributed by atoms with Crippen molar-refractivity contribution in [3.05, 3.63) is 72.6 Å². The molecule has 0 amide bonds.